The topological polar surface area (TPSA) is 91.8 Å². The average Bonchev–Trinajstić information content (AvgIpc) is 2.92. The van der Waals surface area contributed by atoms with E-state index in [0.717, 1.165) is 0 Å². The van der Waals surface area contributed by atoms with E-state index in [1.807, 2.05) is 0 Å². The van der Waals surface area contributed by atoms with Crippen molar-refractivity contribution in [3.05, 3.63) is 57.0 Å². The van der Waals surface area contributed by atoms with Crippen LogP contribution >= 0.6 is 11.6 Å². The van der Waals surface area contributed by atoms with Gasteiger partial charge in [0.05, 0.1) is 12.0 Å². The number of rotatable bonds is 5. The Labute approximate surface area is 124 Å². The van der Waals surface area contributed by atoms with Crippen LogP contribution in [0.1, 0.15) is 16.3 Å². The number of halogens is 1. The quantitative estimate of drug-likeness (QED) is 0.478. The van der Waals surface area contributed by atoms with Crippen molar-refractivity contribution < 1.29 is 23.6 Å². The van der Waals surface area contributed by atoms with Crippen LogP contribution in [0.5, 0.6) is 5.75 Å². The van der Waals surface area contributed by atoms with Crippen LogP contribution in [0.2, 0.25) is 5.02 Å². The highest BCUT2D eigenvalue weighted by Gasteiger charge is 2.14. The number of ether oxygens (including phenoxy) is 2. The third-order valence-electron chi connectivity index (χ3n) is 2.55. The summed E-state index contributed by atoms with van der Waals surface area (Å²) < 4.78 is 15.1. The van der Waals surface area contributed by atoms with Gasteiger partial charge in [-0.25, -0.2) is 4.79 Å². The number of hydrogen-bond donors (Lipinski definition) is 0. The number of nitro benzene ring substituents is 1. The van der Waals surface area contributed by atoms with E-state index in [9.17, 15) is 14.9 Å². The summed E-state index contributed by atoms with van der Waals surface area (Å²) in [4.78, 5) is 21.3. The zero-order valence-corrected chi connectivity index (χ0v) is 11.6. The summed E-state index contributed by atoms with van der Waals surface area (Å²) in [6.07, 6.45) is 0. The van der Waals surface area contributed by atoms with E-state index >= 15 is 0 Å². The lowest BCUT2D eigenvalue weighted by atomic mass is 10.3. The van der Waals surface area contributed by atoms with Crippen LogP contribution in [-0.4, -0.2) is 18.0 Å². The molecule has 1 aromatic carbocycles. The minimum absolute atomic E-state index is 0.0211. The van der Waals surface area contributed by atoms with Crippen LogP contribution in [0.3, 0.4) is 0 Å². The first-order valence-corrected chi connectivity index (χ1v) is 6.13. The molecule has 0 aliphatic rings. The lowest BCUT2D eigenvalue weighted by Gasteiger charge is -2.04. The second-order valence-corrected chi connectivity index (χ2v) is 4.32. The van der Waals surface area contributed by atoms with Crippen molar-refractivity contribution in [2.45, 2.75) is 6.61 Å². The predicted molar refractivity (Wildman–Crippen MR) is 72.5 cm³/mol. The van der Waals surface area contributed by atoms with Gasteiger partial charge in [-0.3, -0.25) is 10.1 Å². The average molecular weight is 312 g/mol. The number of furan rings is 1. The highest BCUT2D eigenvalue weighted by Crippen LogP contribution is 2.28. The molecule has 0 atom stereocenters. The molecule has 0 N–H and O–H groups in total. The third kappa shape index (κ3) is 3.51. The Kier molecular flexibility index (Phi) is 4.44. The van der Waals surface area contributed by atoms with E-state index in [0.29, 0.717) is 11.5 Å². The number of nitro groups is 1. The molecule has 0 fully saturated rings. The minimum atomic E-state index is -0.584. The minimum Gasteiger partial charge on any atom is -0.486 e. The van der Waals surface area contributed by atoms with Gasteiger partial charge in [0.25, 0.3) is 5.69 Å². The van der Waals surface area contributed by atoms with Gasteiger partial charge in [0.1, 0.15) is 23.1 Å². The summed E-state index contributed by atoms with van der Waals surface area (Å²) in [6, 6.07) is 7.05. The van der Waals surface area contributed by atoms with E-state index in [-0.39, 0.29) is 23.1 Å². The van der Waals surface area contributed by atoms with Crippen LogP contribution < -0.4 is 4.74 Å². The largest absolute Gasteiger partial charge is 0.486 e. The SMILES string of the molecule is COC(=O)c1ccc(COc2ccc([N+](=O)[O-])c(Cl)c2)o1. The Hall–Kier alpha value is -2.54. The monoisotopic (exact) mass is 311 g/mol. The lowest BCUT2D eigenvalue weighted by Crippen LogP contribution is -1.99. The molecule has 0 saturated carbocycles. The second kappa shape index (κ2) is 6.27. The van der Waals surface area contributed by atoms with Crippen molar-refractivity contribution in [1.29, 1.82) is 0 Å². The van der Waals surface area contributed by atoms with Crippen molar-refractivity contribution in [1.82, 2.24) is 0 Å². The molecule has 2 rings (SSSR count). The van der Waals surface area contributed by atoms with Crippen molar-refractivity contribution in [2.75, 3.05) is 7.11 Å². The number of carbonyl (C=O) groups is 1. The lowest BCUT2D eigenvalue weighted by molar-refractivity contribution is -0.384. The van der Waals surface area contributed by atoms with Crippen LogP contribution in [-0.2, 0) is 11.3 Å². The van der Waals surface area contributed by atoms with E-state index in [4.69, 9.17) is 20.8 Å². The molecule has 8 heteroatoms. The maximum atomic E-state index is 11.2. The molecule has 0 bridgehead atoms. The first kappa shape index (κ1) is 14.9. The van der Waals surface area contributed by atoms with Gasteiger partial charge in [0, 0.05) is 12.1 Å². The van der Waals surface area contributed by atoms with Crippen LogP contribution in [0, 0.1) is 10.1 Å². The van der Waals surface area contributed by atoms with E-state index in [1.165, 1.54) is 31.4 Å². The molecular formula is C13H10ClNO6. The molecule has 1 aromatic heterocycles. The van der Waals surface area contributed by atoms with E-state index in [2.05, 4.69) is 4.74 Å². The number of esters is 1. The normalized spacial score (nSPS) is 10.2. The molecule has 0 saturated heterocycles. The summed E-state index contributed by atoms with van der Waals surface area (Å²) in [7, 11) is 1.25. The molecule has 0 spiro atoms. The molecule has 0 amide bonds. The Morgan fingerprint density at radius 1 is 1.38 bits per heavy atom. The van der Waals surface area contributed by atoms with Gasteiger partial charge in [-0.05, 0) is 18.2 Å². The molecule has 0 unspecified atom stereocenters. The Bertz CT molecular complexity index is 681. The summed E-state index contributed by atoms with van der Waals surface area (Å²) in [5, 5.41) is 10.6. The Morgan fingerprint density at radius 3 is 2.76 bits per heavy atom. The first-order chi connectivity index (χ1) is 10.0. The van der Waals surface area contributed by atoms with Crippen molar-refractivity contribution in [3.8, 4) is 5.75 Å². The zero-order valence-electron chi connectivity index (χ0n) is 10.9. The highest BCUT2D eigenvalue weighted by molar-refractivity contribution is 6.32. The fourth-order valence-electron chi connectivity index (χ4n) is 1.55. The van der Waals surface area contributed by atoms with Crippen molar-refractivity contribution >= 4 is 23.3 Å². The van der Waals surface area contributed by atoms with Crippen molar-refractivity contribution in [3.63, 3.8) is 0 Å². The number of benzene rings is 1. The maximum absolute atomic E-state index is 11.2. The molecular weight excluding hydrogens is 302 g/mol. The standard InChI is InChI=1S/C13H10ClNO6/c1-19-13(16)12-5-3-9(21-12)7-20-8-2-4-11(15(17)18)10(14)6-8/h2-6H,7H2,1H3. The summed E-state index contributed by atoms with van der Waals surface area (Å²) in [6.45, 7) is 0.0468. The van der Waals surface area contributed by atoms with E-state index in [1.54, 1.807) is 6.07 Å². The second-order valence-electron chi connectivity index (χ2n) is 3.92. The number of methoxy groups -OCH3 is 1. The van der Waals surface area contributed by atoms with Crippen LogP contribution in [0.15, 0.2) is 34.7 Å². The van der Waals surface area contributed by atoms with Crippen LogP contribution in [0.25, 0.3) is 0 Å². The maximum Gasteiger partial charge on any atom is 0.373 e. The molecule has 7 nitrogen and oxygen atoms in total. The van der Waals surface area contributed by atoms with Gasteiger partial charge >= 0.3 is 5.97 Å². The number of nitrogens with zero attached hydrogens (tertiary/aromatic N) is 1. The van der Waals surface area contributed by atoms with E-state index < -0.39 is 10.9 Å². The van der Waals surface area contributed by atoms with Crippen LogP contribution in [0.4, 0.5) is 5.69 Å². The fraction of sp³-hybridized carbons (Fsp3) is 0.154. The molecule has 0 radical (unpaired) electrons. The molecule has 0 aliphatic heterocycles. The van der Waals surface area contributed by atoms with Crippen molar-refractivity contribution in [2.24, 2.45) is 0 Å². The molecule has 110 valence electrons. The van der Waals surface area contributed by atoms with Gasteiger partial charge in [-0.1, -0.05) is 11.6 Å². The van der Waals surface area contributed by atoms with Gasteiger partial charge in [0.2, 0.25) is 5.76 Å². The molecule has 0 aliphatic carbocycles. The Balaban J connectivity index is 2.03. The Morgan fingerprint density at radius 2 is 2.14 bits per heavy atom. The molecule has 2 aromatic rings. The summed E-state index contributed by atoms with van der Waals surface area (Å²) >= 11 is 5.76. The number of carbonyl (C=O) groups excluding carboxylic acids is 1. The smallest absolute Gasteiger partial charge is 0.373 e. The fourth-order valence-corrected chi connectivity index (χ4v) is 1.79. The summed E-state index contributed by atoms with van der Waals surface area (Å²) in [5.41, 5.74) is -0.199. The summed E-state index contributed by atoms with van der Waals surface area (Å²) in [5.74, 6) is 0.240. The third-order valence-corrected chi connectivity index (χ3v) is 2.85. The van der Waals surface area contributed by atoms with Gasteiger partial charge in [-0.15, -0.1) is 0 Å². The number of hydrogen-bond acceptors (Lipinski definition) is 6. The predicted octanol–water partition coefficient (Wildman–Crippen LogP) is 3.21. The van der Waals surface area contributed by atoms with Gasteiger partial charge in [0.15, 0.2) is 0 Å². The molecule has 21 heavy (non-hydrogen) atoms. The van der Waals surface area contributed by atoms with Gasteiger partial charge in [-0.2, -0.15) is 0 Å². The molecule has 1 heterocycles. The zero-order chi connectivity index (χ0) is 15.4. The first-order valence-electron chi connectivity index (χ1n) is 5.75. The van der Waals surface area contributed by atoms with Gasteiger partial charge < -0.3 is 13.9 Å². The highest BCUT2D eigenvalue weighted by atomic mass is 35.5.